The highest BCUT2D eigenvalue weighted by atomic mass is 32.2. The van der Waals surface area contributed by atoms with Gasteiger partial charge in [0.1, 0.15) is 0 Å². The van der Waals surface area contributed by atoms with Gasteiger partial charge in [-0.25, -0.2) is 17.7 Å². The predicted octanol–water partition coefficient (Wildman–Crippen LogP) is -0.464. The van der Waals surface area contributed by atoms with Crippen LogP contribution in [0.25, 0.3) is 0 Å². The minimum absolute atomic E-state index is 0.0665. The van der Waals surface area contributed by atoms with Crippen molar-refractivity contribution in [3.05, 3.63) is 12.3 Å². The van der Waals surface area contributed by atoms with Crippen molar-refractivity contribution in [3.63, 3.8) is 0 Å². The maximum Gasteiger partial charge on any atom is 0.223 e. The molecule has 2 N–H and O–H groups in total. The first kappa shape index (κ1) is 17.6. The minimum Gasteiger partial charge on any atom is -0.376 e. The Morgan fingerprint density at radius 3 is 2.68 bits per heavy atom. The summed E-state index contributed by atoms with van der Waals surface area (Å²) in [4.78, 5) is 14.8. The number of amides is 1. The van der Waals surface area contributed by atoms with Crippen molar-refractivity contribution in [3.8, 4) is 0 Å². The van der Waals surface area contributed by atoms with E-state index in [2.05, 4.69) is 15.6 Å². The van der Waals surface area contributed by atoms with Gasteiger partial charge in [-0.15, -0.1) is 0 Å². The average Bonchev–Trinajstić information content (AvgIpc) is 2.34. The Hall–Kier alpha value is -1.41. The fourth-order valence-electron chi connectivity index (χ4n) is 1.05. The molecule has 1 amide bonds. The Kier molecular flexibility index (Phi) is 8.81. The minimum atomic E-state index is -3.10. The lowest BCUT2D eigenvalue weighted by Gasteiger charge is -2.13. The van der Waals surface area contributed by atoms with Crippen LogP contribution in [0.1, 0.15) is 12.8 Å². The van der Waals surface area contributed by atoms with Crippen LogP contribution in [-0.2, 0) is 14.8 Å². The summed E-state index contributed by atoms with van der Waals surface area (Å²) in [5, 5.41) is 5.42. The predicted molar refractivity (Wildman–Crippen MR) is 76.4 cm³/mol. The number of hydrogen-bond donors (Lipinski definition) is 2. The number of carbonyl (C=O) groups excluding carboxylic acids is 1. The molecule has 0 rings (SSSR count). The summed E-state index contributed by atoms with van der Waals surface area (Å²) in [6, 6.07) is 0. The van der Waals surface area contributed by atoms with Crippen LogP contribution in [0.3, 0.4) is 0 Å². The van der Waals surface area contributed by atoms with Crippen LogP contribution in [0.15, 0.2) is 17.3 Å². The summed E-state index contributed by atoms with van der Waals surface area (Å²) < 4.78 is 23.5. The SMILES string of the molecule is CNC(=O)C/C=C\N=C\NCCCN(C)S(C)(=O)=O. The Balaban J connectivity index is 3.62. The van der Waals surface area contributed by atoms with Crippen molar-refractivity contribution in [1.82, 2.24) is 14.9 Å². The molecule has 0 aliphatic heterocycles. The van der Waals surface area contributed by atoms with Gasteiger partial charge in [-0.3, -0.25) is 4.79 Å². The lowest BCUT2D eigenvalue weighted by Crippen LogP contribution is -2.28. The fourth-order valence-corrected chi connectivity index (χ4v) is 1.51. The third-order valence-electron chi connectivity index (χ3n) is 2.30. The van der Waals surface area contributed by atoms with Gasteiger partial charge in [0, 0.05) is 39.8 Å². The first-order valence-electron chi connectivity index (χ1n) is 5.90. The normalized spacial score (nSPS) is 12.4. The molecule has 0 aliphatic carbocycles. The smallest absolute Gasteiger partial charge is 0.223 e. The molecule has 110 valence electrons. The molecular formula is C11H22N4O3S. The molecule has 19 heavy (non-hydrogen) atoms. The molecule has 0 fully saturated rings. The second-order valence-electron chi connectivity index (χ2n) is 3.93. The Morgan fingerprint density at radius 1 is 1.42 bits per heavy atom. The molecule has 8 heteroatoms. The number of carbonyl (C=O) groups is 1. The van der Waals surface area contributed by atoms with Gasteiger partial charge in [0.2, 0.25) is 15.9 Å². The Bertz CT molecular complexity index is 418. The van der Waals surface area contributed by atoms with Gasteiger partial charge in [-0.05, 0) is 6.42 Å². The van der Waals surface area contributed by atoms with Crippen molar-refractivity contribution >= 4 is 22.3 Å². The Labute approximate surface area is 114 Å². The van der Waals surface area contributed by atoms with Crippen LogP contribution in [0.5, 0.6) is 0 Å². The van der Waals surface area contributed by atoms with Crippen LogP contribution in [0.4, 0.5) is 0 Å². The molecule has 7 nitrogen and oxygen atoms in total. The second kappa shape index (κ2) is 9.51. The largest absolute Gasteiger partial charge is 0.376 e. The van der Waals surface area contributed by atoms with Gasteiger partial charge in [-0.2, -0.15) is 0 Å². The fraction of sp³-hybridized carbons (Fsp3) is 0.636. The zero-order valence-corrected chi connectivity index (χ0v) is 12.4. The van der Waals surface area contributed by atoms with Gasteiger partial charge >= 0.3 is 0 Å². The van der Waals surface area contributed by atoms with E-state index >= 15 is 0 Å². The third kappa shape index (κ3) is 10.2. The van der Waals surface area contributed by atoms with Crippen LogP contribution < -0.4 is 10.6 Å². The number of nitrogens with zero attached hydrogens (tertiary/aromatic N) is 2. The van der Waals surface area contributed by atoms with Crippen molar-refractivity contribution in [1.29, 1.82) is 0 Å². The van der Waals surface area contributed by atoms with E-state index in [1.54, 1.807) is 20.2 Å². The summed E-state index contributed by atoms with van der Waals surface area (Å²) in [5.74, 6) is -0.0665. The summed E-state index contributed by atoms with van der Waals surface area (Å²) >= 11 is 0. The lowest BCUT2D eigenvalue weighted by molar-refractivity contribution is -0.119. The Morgan fingerprint density at radius 2 is 2.11 bits per heavy atom. The van der Waals surface area contributed by atoms with Crippen molar-refractivity contribution in [2.75, 3.05) is 33.4 Å². The summed E-state index contributed by atoms with van der Waals surface area (Å²) in [5.41, 5.74) is 0. The molecule has 0 aromatic rings. The number of rotatable bonds is 9. The van der Waals surface area contributed by atoms with Crippen LogP contribution in [0.2, 0.25) is 0 Å². The zero-order valence-electron chi connectivity index (χ0n) is 11.6. The highest BCUT2D eigenvalue weighted by Gasteiger charge is 2.08. The first-order chi connectivity index (χ1) is 8.88. The molecule has 0 spiro atoms. The van der Waals surface area contributed by atoms with E-state index in [9.17, 15) is 13.2 Å². The number of hydrogen-bond acceptors (Lipinski definition) is 4. The molecule has 0 aromatic heterocycles. The molecule has 0 atom stereocenters. The summed E-state index contributed by atoms with van der Waals surface area (Å²) in [6.45, 7) is 1.10. The van der Waals surface area contributed by atoms with Crippen LogP contribution >= 0.6 is 0 Å². The third-order valence-corrected chi connectivity index (χ3v) is 3.61. The maximum atomic E-state index is 11.1. The van der Waals surface area contributed by atoms with Gasteiger partial charge in [-0.1, -0.05) is 6.08 Å². The molecule has 0 bridgehead atoms. The molecule has 0 saturated heterocycles. The monoisotopic (exact) mass is 290 g/mol. The van der Waals surface area contributed by atoms with E-state index in [1.807, 2.05) is 0 Å². The van der Waals surface area contributed by atoms with Crippen molar-refractivity contribution in [2.45, 2.75) is 12.8 Å². The molecule has 0 aliphatic rings. The van der Waals surface area contributed by atoms with Gasteiger partial charge in [0.05, 0.1) is 12.6 Å². The van der Waals surface area contributed by atoms with Gasteiger partial charge < -0.3 is 10.6 Å². The topological polar surface area (TPSA) is 90.9 Å². The number of nitrogens with one attached hydrogen (secondary N) is 2. The standard InChI is InChI=1S/C11H22N4O3S/c1-12-11(16)6-4-7-13-10-14-8-5-9-15(2)19(3,17)18/h4,7,10H,5-6,8-9H2,1-3H3,(H,12,16)(H,13,14)/b7-4-. The molecule has 0 unspecified atom stereocenters. The highest BCUT2D eigenvalue weighted by Crippen LogP contribution is 1.93. The number of aliphatic imine (C=N–C) groups is 1. The van der Waals surface area contributed by atoms with Crippen molar-refractivity contribution in [2.24, 2.45) is 4.99 Å². The molecule has 0 radical (unpaired) electrons. The molecule has 0 saturated carbocycles. The van der Waals surface area contributed by atoms with Crippen molar-refractivity contribution < 1.29 is 13.2 Å². The second-order valence-corrected chi connectivity index (χ2v) is 6.02. The van der Waals surface area contributed by atoms with Gasteiger partial charge in [0.15, 0.2) is 0 Å². The van der Waals surface area contributed by atoms with Crippen LogP contribution in [-0.4, -0.2) is 58.4 Å². The van der Waals surface area contributed by atoms with E-state index in [1.165, 1.54) is 23.1 Å². The molecule has 0 aromatic carbocycles. The van der Waals surface area contributed by atoms with E-state index in [-0.39, 0.29) is 5.91 Å². The molecular weight excluding hydrogens is 268 g/mol. The van der Waals surface area contributed by atoms with Crippen LogP contribution in [0, 0.1) is 0 Å². The van der Waals surface area contributed by atoms with E-state index in [0.717, 1.165) is 0 Å². The summed E-state index contributed by atoms with van der Waals surface area (Å²) in [7, 11) is 0.0290. The number of sulfonamides is 1. The average molecular weight is 290 g/mol. The lowest BCUT2D eigenvalue weighted by atomic mass is 10.4. The zero-order chi connectivity index (χ0) is 14.7. The first-order valence-corrected chi connectivity index (χ1v) is 7.74. The summed E-state index contributed by atoms with van der Waals surface area (Å²) in [6.07, 6.45) is 6.86. The van der Waals surface area contributed by atoms with Gasteiger partial charge in [0.25, 0.3) is 0 Å². The van der Waals surface area contributed by atoms with E-state index < -0.39 is 10.0 Å². The van der Waals surface area contributed by atoms with E-state index in [4.69, 9.17) is 0 Å². The highest BCUT2D eigenvalue weighted by molar-refractivity contribution is 7.88. The molecule has 0 heterocycles. The maximum absolute atomic E-state index is 11.1. The van der Waals surface area contributed by atoms with E-state index in [0.29, 0.717) is 25.9 Å². The quantitative estimate of drug-likeness (QED) is 0.341.